The highest BCUT2D eigenvalue weighted by molar-refractivity contribution is 5.54. The Bertz CT molecular complexity index is 501. The largest absolute Gasteiger partial charge is 0.508 e. The Kier molecular flexibility index (Phi) is 2.53. The maximum Gasteiger partial charge on any atom is 0.257 e. The molecule has 2 N–H and O–H groups in total. The van der Waals surface area contributed by atoms with Gasteiger partial charge >= 0.3 is 0 Å². The Balaban J connectivity index is 1.86. The van der Waals surface area contributed by atoms with E-state index in [1.54, 1.807) is 24.3 Å². The summed E-state index contributed by atoms with van der Waals surface area (Å²) < 4.78 is 5.23. The van der Waals surface area contributed by atoms with E-state index in [1.165, 1.54) is 0 Å². The lowest BCUT2D eigenvalue weighted by Gasteiger charge is -1.98. The van der Waals surface area contributed by atoms with E-state index in [2.05, 4.69) is 15.5 Å². The van der Waals surface area contributed by atoms with Gasteiger partial charge in [-0.1, -0.05) is 5.16 Å². The Morgan fingerprint density at radius 1 is 1.29 bits per heavy atom. The predicted molar refractivity (Wildman–Crippen MR) is 61.6 cm³/mol. The highest BCUT2D eigenvalue weighted by Gasteiger charge is 2.22. The van der Waals surface area contributed by atoms with Crippen molar-refractivity contribution in [2.75, 3.05) is 13.1 Å². The number of aromatic hydroxyl groups is 1. The molecule has 1 aliphatic rings. The molecule has 1 saturated heterocycles. The van der Waals surface area contributed by atoms with Crippen LogP contribution in [0.4, 0.5) is 0 Å². The summed E-state index contributed by atoms with van der Waals surface area (Å²) in [6.45, 7) is 1.92. The van der Waals surface area contributed by atoms with E-state index in [-0.39, 0.29) is 5.75 Å². The molecule has 1 fully saturated rings. The molecule has 1 aliphatic heterocycles. The summed E-state index contributed by atoms with van der Waals surface area (Å²) in [6, 6.07) is 6.74. The molecule has 1 aromatic heterocycles. The maximum absolute atomic E-state index is 9.21. The quantitative estimate of drug-likeness (QED) is 0.820. The van der Waals surface area contributed by atoms with Crippen molar-refractivity contribution < 1.29 is 9.63 Å². The van der Waals surface area contributed by atoms with Crippen molar-refractivity contribution in [3.8, 4) is 17.2 Å². The maximum atomic E-state index is 9.21. The molecule has 0 bridgehead atoms. The zero-order chi connectivity index (χ0) is 11.7. The normalized spacial score (nSPS) is 19.6. The van der Waals surface area contributed by atoms with E-state index in [0.717, 1.165) is 30.9 Å². The van der Waals surface area contributed by atoms with Gasteiger partial charge in [-0.25, -0.2) is 0 Å². The third kappa shape index (κ3) is 2.01. The molecule has 1 unspecified atom stereocenters. The molecular formula is C12H13N3O2. The average molecular weight is 231 g/mol. The molecule has 0 saturated carbocycles. The minimum Gasteiger partial charge on any atom is -0.508 e. The molecule has 0 amide bonds. The molecule has 0 spiro atoms. The summed E-state index contributed by atoms with van der Waals surface area (Å²) in [5.41, 5.74) is 0.826. The smallest absolute Gasteiger partial charge is 0.257 e. The van der Waals surface area contributed by atoms with E-state index >= 15 is 0 Å². The zero-order valence-electron chi connectivity index (χ0n) is 9.26. The van der Waals surface area contributed by atoms with Crippen molar-refractivity contribution in [3.63, 3.8) is 0 Å². The molecule has 0 aliphatic carbocycles. The van der Waals surface area contributed by atoms with Gasteiger partial charge in [0.05, 0.1) is 0 Å². The molecule has 88 valence electrons. The van der Waals surface area contributed by atoms with E-state index < -0.39 is 0 Å². The Morgan fingerprint density at radius 3 is 2.82 bits per heavy atom. The number of benzene rings is 1. The van der Waals surface area contributed by atoms with Gasteiger partial charge in [0, 0.05) is 18.0 Å². The molecule has 0 radical (unpaired) electrons. The van der Waals surface area contributed by atoms with Gasteiger partial charge in [0.15, 0.2) is 5.82 Å². The topological polar surface area (TPSA) is 71.2 Å². The van der Waals surface area contributed by atoms with Crippen LogP contribution in [-0.4, -0.2) is 28.3 Å². The first kappa shape index (κ1) is 10.3. The molecule has 5 heteroatoms. The van der Waals surface area contributed by atoms with Crippen molar-refractivity contribution in [2.24, 2.45) is 0 Å². The van der Waals surface area contributed by atoms with Crippen molar-refractivity contribution in [1.29, 1.82) is 0 Å². The van der Waals surface area contributed by atoms with Crippen molar-refractivity contribution in [2.45, 2.75) is 12.3 Å². The second-order valence-corrected chi connectivity index (χ2v) is 4.19. The van der Waals surface area contributed by atoms with Gasteiger partial charge in [-0.15, -0.1) is 0 Å². The van der Waals surface area contributed by atoms with Crippen LogP contribution in [0.15, 0.2) is 28.8 Å². The summed E-state index contributed by atoms with van der Waals surface area (Å²) in [6.07, 6.45) is 1.05. The van der Waals surface area contributed by atoms with Crippen molar-refractivity contribution in [1.82, 2.24) is 15.5 Å². The Labute approximate surface area is 98.5 Å². The molecule has 17 heavy (non-hydrogen) atoms. The van der Waals surface area contributed by atoms with Crippen LogP contribution in [0.2, 0.25) is 0 Å². The second-order valence-electron chi connectivity index (χ2n) is 4.19. The fourth-order valence-electron chi connectivity index (χ4n) is 2.00. The van der Waals surface area contributed by atoms with E-state index in [4.69, 9.17) is 4.52 Å². The predicted octanol–water partition coefficient (Wildman–Crippen LogP) is 1.52. The zero-order valence-corrected chi connectivity index (χ0v) is 9.26. The van der Waals surface area contributed by atoms with Gasteiger partial charge in [-0.2, -0.15) is 4.98 Å². The van der Waals surface area contributed by atoms with Crippen LogP contribution >= 0.6 is 0 Å². The molecular weight excluding hydrogens is 218 g/mol. The van der Waals surface area contributed by atoms with Gasteiger partial charge in [0.1, 0.15) is 5.75 Å². The van der Waals surface area contributed by atoms with Crippen molar-refractivity contribution >= 4 is 0 Å². The van der Waals surface area contributed by atoms with Crippen LogP contribution < -0.4 is 5.32 Å². The first-order valence-corrected chi connectivity index (χ1v) is 5.66. The lowest BCUT2D eigenvalue weighted by Crippen LogP contribution is -2.08. The minimum absolute atomic E-state index is 0.230. The fraction of sp³-hybridized carbons (Fsp3) is 0.333. The van der Waals surface area contributed by atoms with Crippen LogP contribution in [0.25, 0.3) is 11.5 Å². The highest BCUT2D eigenvalue weighted by atomic mass is 16.5. The minimum atomic E-state index is 0.230. The van der Waals surface area contributed by atoms with Gasteiger partial charge in [0.2, 0.25) is 0 Å². The van der Waals surface area contributed by atoms with Crippen molar-refractivity contribution in [3.05, 3.63) is 30.1 Å². The highest BCUT2D eigenvalue weighted by Crippen LogP contribution is 2.24. The molecule has 3 rings (SSSR count). The third-order valence-electron chi connectivity index (χ3n) is 2.98. The number of aromatic nitrogens is 2. The standard InChI is InChI=1S/C12H13N3O2/c16-10-3-1-8(2-4-10)12-14-11(15-17-12)9-5-6-13-7-9/h1-4,9,13,16H,5-7H2. The summed E-state index contributed by atoms with van der Waals surface area (Å²) in [4.78, 5) is 4.39. The summed E-state index contributed by atoms with van der Waals surface area (Å²) in [5, 5.41) is 16.5. The number of phenols is 1. The number of nitrogens with zero attached hydrogens (tertiary/aromatic N) is 2. The Morgan fingerprint density at radius 2 is 2.12 bits per heavy atom. The average Bonchev–Trinajstić information content (AvgIpc) is 3.00. The fourth-order valence-corrected chi connectivity index (χ4v) is 2.00. The van der Waals surface area contributed by atoms with Gasteiger partial charge in [-0.05, 0) is 37.2 Å². The van der Waals surface area contributed by atoms with Gasteiger partial charge in [-0.3, -0.25) is 0 Å². The molecule has 1 atom stereocenters. The lowest BCUT2D eigenvalue weighted by atomic mass is 10.1. The number of hydrogen-bond donors (Lipinski definition) is 2. The summed E-state index contributed by atoms with van der Waals surface area (Å²) in [7, 11) is 0. The SMILES string of the molecule is Oc1ccc(-c2nc(C3CCNC3)no2)cc1. The van der Waals surface area contributed by atoms with E-state index in [9.17, 15) is 5.11 Å². The molecule has 2 heterocycles. The lowest BCUT2D eigenvalue weighted by molar-refractivity contribution is 0.417. The van der Waals surface area contributed by atoms with Gasteiger partial charge in [0.25, 0.3) is 5.89 Å². The summed E-state index contributed by atoms with van der Waals surface area (Å²) >= 11 is 0. The first-order valence-electron chi connectivity index (χ1n) is 5.66. The molecule has 5 nitrogen and oxygen atoms in total. The van der Waals surface area contributed by atoms with Crippen LogP contribution in [-0.2, 0) is 0 Å². The number of phenolic OH excluding ortho intramolecular Hbond substituents is 1. The number of nitrogens with one attached hydrogen (secondary N) is 1. The van der Waals surface area contributed by atoms with E-state index in [1.807, 2.05) is 0 Å². The van der Waals surface area contributed by atoms with Crippen LogP contribution in [0.3, 0.4) is 0 Å². The van der Waals surface area contributed by atoms with Crippen LogP contribution in [0.1, 0.15) is 18.2 Å². The van der Waals surface area contributed by atoms with Crippen LogP contribution in [0.5, 0.6) is 5.75 Å². The first-order chi connectivity index (χ1) is 8.33. The van der Waals surface area contributed by atoms with Gasteiger partial charge < -0.3 is 14.9 Å². The van der Waals surface area contributed by atoms with E-state index in [0.29, 0.717) is 11.8 Å². The molecule has 2 aromatic rings. The Hall–Kier alpha value is -1.88. The monoisotopic (exact) mass is 231 g/mol. The number of hydrogen-bond acceptors (Lipinski definition) is 5. The van der Waals surface area contributed by atoms with Crippen LogP contribution in [0, 0.1) is 0 Å². The third-order valence-corrected chi connectivity index (χ3v) is 2.98. The molecule has 1 aromatic carbocycles. The second kappa shape index (κ2) is 4.18. The number of rotatable bonds is 2. The summed E-state index contributed by atoms with van der Waals surface area (Å²) in [5.74, 6) is 1.85.